The molecule has 0 radical (unpaired) electrons. The number of aliphatic hydroxyl groups excluding tert-OH is 1. The number of aliphatic hydroxyl groups is 1. The molecule has 0 amide bonds. The van der Waals surface area contributed by atoms with Crippen LogP contribution in [0.3, 0.4) is 0 Å². The third kappa shape index (κ3) is 2.35. The molecular weight excluding hydrogens is 180 g/mol. The monoisotopic (exact) mass is 196 g/mol. The van der Waals surface area contributed by atoms with Gasteiger partial charge in [-0.05, 0) is 19.1 Å². The Kier molecular flexibility index (Phi) is 3.71. The fourth-order valence-electron chi connectivity index (χ4n) is 1.05. The SMILES string of the molecule is COc1ccc(N(C)C(C)CO)nc1. The van der Waals surface area contributed by atoms with Gasteiger partial charge in [-0.2, -0.15) is 0 Å². The Balaban J connectivity index is 2.75. The lowest BCUT2D eigenvalue weighted by atomic mass is 10.3. The zero-order chi connectivity index (χ0) is 10.6. The Hall–Kier alpha value is -1.29. The average molecular weight is 196 g/mol. The maximum absolute atomic E-state index is 8.97. The lowest BCUT2D eigenvalue weighted by Gasteiger charge is -2.24. The van der Waals surface area contributed by atoms with E-state index in [-0.39, 0.29) is 12.6 Å². The summed E-state index contributed by atoms with van der Waals surface area (Å²) in [5, 5.41) is 8.97. The van der Waals surface area contributed by atoms with E-state index in [4.69, 9.17) is 9.84 Å². The molecule has 0 aliphatic rings. The summed E-state index contributed by atoms with van der Waals surface area (Å²) in [5.41, 5.74) is 0. The van der Waals surface area contributed by atoms with Crippen molar-refractivity contribution in [2.45, 2.75) is 13.0 Å². The molecule has 0 bridgehead atoms. The second-order valence-electron chi connectivity index (χ2n) is 3.20. The summed E-state index contributed by atoms with van der Waals surface area (Å²) in [6, 6.07) is 3.78. The van der Waals surface area contributed by atoms with Crippen molar-refractivity contribution >= 4 is 5.82 Å². The molecule has 4 heteroatoms. The van der Waals surface area contributed by atoms with Crippen LogP contribution in [-0.4, -0.2) is 36.9 Å². The number of likely N-dealkylation sites (N-methyl/N-ethyl adjacent to an activating group) is 1. The molecule has 78 valence electrons. The second-order valence-corrected chi connectivity index (χ2v) is 3.20. The molecule has 0 spiro atoms. The number of rotatable bonds is 4. The number of anilines is 1. The fourth-order valence-corrected chi connectivity index (χ4v) is 1.05. The largest absolute Gasteiger partial charge is 0.495 e. The van der Waals surface area contributed by atoms with Crippen molar-refractivity contribution in [2.24, 2.45) is 0 Å². The third-order valence-electron chi connectivity index (χ3n) is 2.24. The molecule has 1 heterocycles. The van der Waals surface area contributed by atoms with Crippen LogP contribution in [0.4, 0.5) is 5.82 Å². The molecule has 0 saturated heterocycles. The lowest BCUT2D eigenvalue weighted by molar-refractivity contribution is 0.270. The highest BCUT2D eigenvalue weighted by molar-refractivity contribution is 5.40. The van der Waals surface area contributed by atoms with Gasteiger partial charge in [-0.25, -0.2) is 4.98 Å². The summed E-state index contributed by atoms with van der Waals surface area (Å²) in [7, 11) is 3.51. The van der Waals surface area contributed by atoms with Crippen molar-refractivity contribution in [2.75, 3.05) is 25.7 Å². The average Bonchev–Trinajstić information content (AvgIpc) is 2.27. The standard InChI is InChI=1S/C10H16N2O2/c1-8(7-13)12(2)10-5-4-9(14-3)6-11-10/h4-6,8,13H,7H2,1-3H3. The number of hydrogen-bond donors (Lipinski definition) is 1. The molecule has 1 N–H and O–H groups in total. The Morgan fingerprint density at radius 3 is 2.71 bits per heavy atom. The molecule has 1 aromatic heterocycles. The molecule has 1 unspecified atom stereocenters. The number of hydrogen-bond acceptors (Lipinski definition) is 4. The Bertz CT molecular complexity index is 274. The van der Waals surface area contributed by atoms with E-state index in [1.807, 2.05) is 31.0 Å². The van der Waals surface area contributed by atoms with E-state index in [9.17, 15) is 0 Å². The van der Waals surface area contributed by atoms with Crippen LogP contribution in [0.15, 0.2) is 18.3 Å². The molecule has 14 heavy (non-hydrogen) atoms. The molecule has 0 aromatic carbocycles. The zero-order valence-corrected chi connectivity index (χ0v) is 8.77. The topological polar surface area (TPSA) is 45.6 Å². The predicted molar refractivity (Wildman–Crippen MR) is 55.7 cm³/mol. The molecule has 1 aromatic rings. The molecule has 0 saturated carbocycles. The van der Waals surface area contributed by atoms with Crippen LogP contribution in [0.5, 0.6) is 5.75 Å². The Labute approximate surface area is 84.1 Å². The molecule has 4 nitrogen and oxygen atoms in total. The summed E-state index contributed by atoms with van der Waals surface area (Å²) >= 11 is 0. The number of aromatic nitrogens is 1. The zero-order valence-electron chi connectivity index (χ0n) is 8.77. The van der Waals surface area contributed by atoms with Crippen molar-refractivity contribution in [1.29, 1.82) is 0 Å². The number of pyridine rings is 1. The number of methoxy groups -OCH3 is 1. The normalized spacial score (nSPS) is 12.3. The van der Waals surface area contributed by atoms with Crippen LogP contribution in [0, 0.1) is 0 Å². The minimum Gasteiger partial charge on any atom is -0.495 e. The lowest BCUT2D eigenvalue weighted by Crippen LogP contribution is -2.32. The summed E-state index contributed by atoms with van der Waals surface area (Å²) in [6.07, 6.45) is 1.66. The van der Waals surface area contributed by atoms with E-state index in [1.165, 1.54) is 0 Å². The van der Waals surface area contributed by atoms with Gasteiger partial charge in [0.15, 0.2) is 0 Å². The second kappa shape index (κ2) is 4.81. The highest BCUT2D eigenvalue weighted by Gasteiger charge is 2.09. The van der Waals surface area contributed by atoms with Gasteiger partial charge in [0.2, 0.25) is 0 Å². The summed E-state index contributed by atoms with van der Waals surface area (Å²) in [5.74, 6) is 1.56. The summed E-state index contributed by atoms with van der Waals surface area (Å²) in [6.45, 7) is 2.05. The number of ether oxygens (including phenoxy) is 1. The van der Waals surface area contributed by atoms with E-state index in [2.05, 4.69) is 4.98 Å². The Morgan fingerprint density at radius 1 is 1.57 bits per heavy atom. The van der Waals surface area contributed by atoms with Crippen molar-refractivity contribution < 1.29 is 9.84 Å². The molecule has 1 rings (SSSR count). The maximum atomic E-state index is 8.97. The minimum absolute atomic E-state index is 0.0656. The van der Waals surface area contributed by atoms with Crippen LogP contribution in [-0.2, 0) is 0 Å². The first-order valence-corrected chi connectivity index (χ1v) is 4.52. The Morgan fingerprint density at radius 2 is 2.29 bits per heavy atom. The van der Waals surface area contributed by atoms with Gasteiger partial charge in [-0.3, -0.25) is 0 Å². The van der Waals surface area contributed by atoms with E-state index < -0.39 is 0 Å². The number of nitrogens with zero attached hydrogens (tertiary/aromatic N) is 2. The highest BCUT2D eigenvalue weighted by Crippen LogP contribution is 2.15. The first-order valence-electron chi connectivity index (χ1n) is 4.52. The van der Waals surface area contributed by atoms with Crippen molar-refractivity contribution in [3.8, 4) is 5.75 Å². The summed E-state index contributed by atoms with van der Waals surface area (Å²) in [4.78, 5) is 6.12. The van der Waals surface area contributed by atoms with Crippen LogP contribution < -0.4 is 9.64 Å². The van der Waals surface area contributed by atoms with Crippen LogP contribution in [0.25, 0.3) is 0 Å². The van der Waals surface area contributed by atoms with Crippen LogP contribution in [0.2, 0.25) is 0 Å². The van der Waals surface area contributed by atoms with Gasteiger partial charge in [-0.1, -0.05) is 0 Å². The van der Waals surface area contributed by atoms with Gasteiger partial charge in [-0.15, -0.1) is 0 Å². The van der Waals surface area contributed by atoms with Gasteiger partial charge in [0.25, 0.3) is 0 Å². The third-order valence-corrected chi connectivity index (χ3v) is 2.24. The van der Waals surface area contributed by atoms with Crippen LogP contribution >= 0.6 is 0 Å². The first-order chi connectivity index (χ1) is 6.69. The molecule has 0 aliphatic heterocycles. The minimum atomic E-state index is 0.0656. The van der Waals surface area contributed by atoms with Crippen molar-refractivity contribution in [3.05, 3.63) is 18.3 Å². The van der Waals surface area contributed by atoms with E-state index in [0.29, 0.717) is 0 Å². The van der Waals surface area contributed by atoms with Gasteiger partial charge in [0.05, 0.1) is 26.0 Å². The van der Waals surface area contributed by atoms with E-state index >= 15 is 0 Å². The van der Waals surface area contributed by atoms with Gasteiger partial charge < -0.3 is 14.7 Å². The van der Waals surface area contributed by atoms with Crippen LogP contribution in [0.1, 0.15) is 6.92 Å². The van der Waals surface area contributed by atoms with E-state index in [1.54, 1.807) is 13.3 Å². The summed E-state index contributed by atoms with van der Waals surface area (Å²) < 4.78 is 5.01. The molecule has 0 aliphatic carbocycles. The quantitative estimate of drug-likeness (QED) is 0.777. The van der Waals surface area contributed by atoms with Crippen molar-refractivity contribution in [3.63, 3.8) is 0 Å². The first kappa shape index (κ1) is 10.8. The van der Waals surface area contributed by atoms with Gasteiger partial charge >= 0.3 is 0 Å². The van der Waals surface area contributed by atoms with Crippen molar-refractivity contribution in [1.82, 2.24) is 4.98 Å². The molecule has 0 fully saturated rings. The fraction of sp³-hybridized carbons (Fsp3) is 0.500. The molecule has 1 atom stereocenters. The van der Waals surface area contributed by atoms with E-state index in [0.717, 1.165) is 11.6 Å². The molecular formula is C10H16N2O2. The maximum Gasteiger partial charge on any atom is 0.137 e. The smallest absolute Gasteiger partial charge is 0.137 e. The van der Waals surface area contributed by atoms with Gasteiger partial charge in [0, 0.05) is 7.05 Å². The van der Waals surface area contributed by atoms with Gasteiger partial charge in [0.1, 0.15) is 11.6 Å². The highest BCUT2D eigenvalue weighted by atomic mass is 16.5. The predicted octanol–water partition coefficient (Wildman–Crippen LogP) is 0.907.